The first-order valence-corrected chi connectivity index (χ1v) is 9.55. The van der Waals surface area contributed by atoms with Crippen LogP contribution in [-0.4, -0.2) is 24.4 Å². The van der Waals surface area contributed by atoms with Crippen LogP contribution in [0.15, 0.2) is 0 Å². The molecule has 0 saturated heterocycles. The van der Waals surface area contributed by atoms with Crippen molar-refractivity contribution in [2.75, 3.05) is 6.54 Å². The highest BCUT2D eigenvalue weighted by Gasteiger charge is 2.13. The number of carbonyl (C=O) groups is 2. The normalized spacial score (nSPS) is 11.0. The number of Topliss-reactive ketones (excluding diaryl/α,β-unsaturated/α-hetero) is 1. The van der Waals surface area contributed by atoms with Gasteiger partial charge in [0.1, 0.15) is 11.9 Å². The van der Waals surface area contributed by atoms with Gasteiger partial charge in [0.25, 0.3) is 0 Å². The zero-order chi connectivity index (χ0) is 17.3. The van der Waals surface area contributed by atoms with Crippen molar-refractivity contribution in [3.63, 3.8) is 0 Å². The van der Waals surface area contributed by atoms with Gasteiger partial charge >= 0.3 is 5.97 Å². The van der Waals surface area contributed by atoms with Gasteiger partial charge in [-0.1, -0.05) is 58.8 Å². The monoisotopic (exact) mass is 327 g/mol. The predicted molar refractivity (Wildman–Crippen MR) is 95.3 cm³/mol. The average molecular weight is 328 g/mol. The Bertz CT molecular complexity index is 297. The number of rotatable bonds is 16. The fraction of sp³-hybridized carbons (Fsp3) is 0.895. The highest BCUT2D eigenvalue weighted by molar-refractivity contribution is 5.80. The molecule has 0 bridgehead atoms. The molecule has 23 heavy (non-hydrogen) atoms. The van der Waals surface area contributed by atoms with E-state index in [0.717, 1.165) is 70.6 Å². The standard InChI is InChI=1S/C19H37NO3/c1-3-5-13-18(14-6-4-2)23-19(22)15-11-9-7-8-10-12-17(21)16-20/h18H,3-16,20H2,1-2H3. The van der Waals surface area contributed by atoms with Gasteiger partial charge in [0, 0.05) is 12.8 Å². The Balaban J connectivity index is 3.67. The van der Waals surface area contributed by atoms with Gasteiger partial charge in [-0.3, -0.25) is 9.59 Å². The van der Waals surface area contributed by atoms with E-state index < -0.39 is 0 Å². The molecule has 0 atom stereocenters. The van der Waals surface area contributed by atoms with Crippen LogP contribution in [0.1, 0.15) is 97.3 Å². The van der Waals surface area contributed by atoms with E-state index in [9.17, 15) is 9.59 Å². The van der Waals surface area contributed by atoms with E-state index in [1.165, 1.54) is 0 Å². The first kappa shape index (κ1) is 22.1. The summed E-state index contributed by atoms with van der Waals surface area (Å²) in [6.45, 7) is 4.49. The van der Waals surface area contributed by atoms with Crippen LogP contribution in [-0.2, 0) is 14.3 Å². The Labute approximate surface area is 142 Å². The summed E-state index contributed by atoms with van der Waals surface area (Å²) in [5, 5.41) is 0. The molecule has 0 rings (SSSR count). The molecule has 0 unspecified atom stereocenters. The minimum absolute atomic E-state index is 0.0412. The maximum atomic E-state index is 11.9. The van der Waals surface area contributed by atoms with Crippen LogP contribution in [0.25, 0.3) is 0 Å². The summed E-state index contributed by atoms with van der Waals surface area (Å²) in [7, 11) is 0. The SMILES string of the molecule is CCCCC(CCCC)OC(=O)CCCCCCCC(=O)CN. The number of carbonyl (C=O) groups excluding carboxylic acids is 2. The van der Waals surface area contributed by atoms with Crippen LogP contribution in [0.3, 0.4) is 0 Å². The lowest BCUT2D eigenvalue weighted by Crippen LogP contribution is -2.18. The summed E-state index contributed by atoms with van der Waals surface area (Å²) < 4.78 is 5.63. The maximum Gasteiger partial charge on any atom is 0.306 e. The number of nitrogens with two attached hydrogens (primary N) is 1. The minimum atomic E-state index is -0.0412. The van der Waals surface area contributed by atoms with Crippen molar-refractivity contribution in [2.24, 2.45) is 5.73 Å². The second-order valence-electron chi connectivity index (χ2n) is 6.41. The number of ether oxygens (including phenoxy) is 1. The van der Waals surface area contributed by atoms with E-state index >= 15 is 0 Å². The van der Waals surface area contributed by atoms with Gasteiger partial charge in [-0.2, -0.15) is 0 Å². The van der Waals surface area contributed by atoms with Crippen LogP contribution >= 0.6 is 0 Å². The van der Waals surface area contributed by atoms with E-state index in [1.54, 1.807) is 0 Å². The highest BCUT2D eigenvalue weighted by atomic mass is 16.5. The predicted octanol–water partition coefficient (Wildman–Crippen LogP) is 4.54. The molecule has 0 radical (unpaired) electrons. The van der Waals surface area contributed by atoms with Crippen molar-refractivity contribution >= 4 is 11.8 Å². The van der Waals surface area contributed by atoms with Gasteiger partial charge in [0.15, 0.2) is 0 Å². The van der Waals surface area contributed by atoms with Crippen LogP contribution in [0.5, 0.6) is 0 Å². The van der Waals surface area contributed by atoms with Crippen LogP contribution in [0, 0.1) is 0 Å². The summed E-state index contributed by atoms with van der Waals surface area (Å²) >= 11 is 0. The molecule has 0 heterocycles. The zero-order valence-corrected chi connectivity index (χ0v) is 15.3. The molecule has 0 fully saturated rings. The molecule has 0 aliphatic carbocycles. The Morgan fingerprint density at radius 3 is 1.87 bits per heavy atom. The van der Waals surface area contributed by atoms with Crippen LogP contribution in [0.2, 0.25) is 0 Å². The lowest BCUT2D eigenvalue weighted by molar-refractivity contribution is -0.150. The van der Waals surface area contributed by atoms with Gasteiger partial charge < -0.3 is 10.5 Å². The van der Waals surface area contributed by atoms with E-state index in [2.05, 4.69) is 13.8 Å². The van der Waals surface area contributed by atoms with Crippen molar-refractivity contribution in [3.8, 4) is 0 Å². The molecule has 4 nitrogen and oxygen atoms in total. The summed E-state index contributed by atoms with van der Waals surface area (Å²) in [6.07, 6.45) is 12.7. The summed E-state index contributed by atoms with van der Waals surface area (Å²) in [4.78, 5) is 23.0. The first-order valence-electron chi connectivity index (χ1n) is 9.55. The molecule has 0 aliphatic heterocycles. The molecule has 2 N–H and O–H groups in total. The first-order chi connectivity index (χ1) is 11.1. The quantitative estimate of drug-likeness (QED) is 0.334. The number of hydrogen-bond acceptors (Lipinski definition) is 4. The van der Waals surface area contributed by atoms with E-state index in [1.807, 2.05) is 0 Å². The summed E-state index contributed by atoms with van der Waals surface area (Å²) in [5.41, 5.74) is 5.27. The van der Waals surface area contributed by atoms with E-state index in [4.69, 9.17) is 10.5 Å². The molecule has 0 aromatic heterocycles. The third-order valence-corrected chi connectivity index (χ3v) is 4.12. The lowest BCUT2D eigenvalue weighted by atomic mass is 10.1. The number of unbranched alkanes of at least 4 members (excludes halogenated alkanes) is 6. The number of ketones is 1. The Morgan fingerprint density at radius 2 is 1.35 bits per heavy atom. The van der Waals surface area contributed by atoms with Crippen LogP contribution < -0.4 is 5.73 Å². The second kappa shape index (κ2) is 16.0. The average Bonchev–Trinajstić information content (AvgIpc) is 2.55. The molecular weight excluding hydrogens is 290 g/mol. The zero-order valence-electron chi connectivity index (χ0n) is 15.3. The van der Waals surface area contributed by atoms with Gasteiger partial charge in [-0.15, -0.1) is 0 Å². The molecule has 0 saturated carbocycles. The fourth-order valence-electron chi connectivity index (χ4n) is 2.59. The Kier molecular flexibility index (Phi) is 15.4. The Hall–Kier alpha value is -0.900. The Morgan fingerprint density at radius 1 is 0.826 bits per heavy atom. The van der Waals surface area contributed by atoms with E-state index in [-0.39, 0.29) is 24.4 Å². The van der Waals surface area contributed by atoms with Gasteiger partial charge in [-0.05, 0) is 25.7 Å². The third-order valence-electron chi connectivity index (χ3n) is 4.12. The van der Waals surface area contributed by atoms with Crippen molar-refractivity contribution in [2.45, 2.75) is 103 Å². The van der Waals surface area contributed by atoms with Crippen molar-refractivity contribution < 1.29 is 14.3 Å². The van der Waals surface area contributed by atoms with Gasteiger partial charge in [-0.25, -0.2) is 0 Å². The van der Waals surface area contributed by atoms with Crippen molar-refractivity contribution in [3.05, 3.63) is 0 Å². The molecule has 0 aliphatic rings. The second-order valence-corrected chi connectivity index (χ2v) is 6.41. The molecule has 0 aromatic rings. The number of esters is 1. The topological polar surface area (TPSA) is 69.4 Å². The summed E-state index contributed by atoms with van der Waals surface area (Å²) in [6, 6.07) is 0. The van der Waals surface area contributed by atoms with Gasteiger partial charge in [0.2, 0.25) is 0 Å². The highest BCUT2D eigenvalue weighted by Crippen LogP contribution is 2.15. The van der Waals surface area contributed by atoms with E-state index in [0.29, 0.717) is 12.8 Å². The minimum Gasteiger partial charge on any atom is -0.462 e. The van der Waals surface area contributed by atoms with Crippen LogP contribution in [0.4, 0.5) is 0 Å². The van der Waals surface area contributed by atoms with Gasteiger partial charge in [0.05, 0.1) is 6.54 Å². The molecule has 0 spiro atoms. The molecular formula is C19H37NO3. The van der Waals surface area contributed by atoms with Crippen molar-refractivity contribution in [1.29, 1.82) is 0 Å². The van der Waals surface area contributed by atoms with Crippen molar-refractivity contribution in [1.82, 2.24) is 0 Å². The smallest absolute Gasteiger partial charge is 0.306 e. The molecule has 0 amide bonds. The number of hydrogen-bond donors (Lipinski definition) is 1. The largest absolute Gasteiger partial charge is 0.462 e. The fourth-order valence-corrected chi connectivity index (χ4v) is 2.59. The molecule has 136 valence electrons. The summed E-state index contributed by atoms with van der Waals surface area (Å²) in [5.74, 6) is 0.0966. The third kappa shape index (κ3) is 14.4. The molecule has 4 heteroatoms. The maximum absolute atomic E-state index is 11.9. The molecule has 0 aromatic carbocycles. The lowest BCUT2D eigenvalue weighted by Gasteiger charge is -2.17.